The van der Waals surface area contributed by atoms with Crippen LogP contribution in [0.3, 0.4) is 0 Å². The summed E-state index contributed by atoms with van der Waals surface area (Å²) in [6.07, 6.45) is 6.17. The summed E-state index contributed by atoms with van der Waals surface area (Å²) in [7, 11) is 1.54. The van der Waals surface area contributed by atoms with Crippen molar-refractivity contribution in [1.29, 1.82) is 0 Å². The summed E-state index contributed by atoms with van der Waals surface area (Å²) < 4.78 is 5.70. The van der Waals surface area contributed by atoms with Crippen LogP contribution in [0.4, 0.5) is 5.69 Å². The second kappa shape index (κ2) is 10.7. The molecule has 0 aliphatic heterocycles. The molecule has 30 heavy (non-hydrogen) atoms. The molecular formula is C21H30N6O3. The molecule has 0 spiro atoms. The zero-order valence-corrected chi connectivity index (χ0v) is 17.8. The Bertz CT molecular complexity index is 858. The number of H-pyrrole nitrogens is 1. The van der Waals surface area contributed by atoms with E-state index in [2.05, 4.69) is 44.7 Å². The maximum absolute atomic E-state index is 12.8. The molecule has 0 atom stereocenters. The van der Waals surface area contributed by atoms with E-state index in [0.717, 1.165) is 55.9 Å². The largest absolute Gasteiger partial charge is 0.478 e. The van der Waals surface area contributed by atoms with Gasteiger partial charge in [-0.15, -0.1) is 0 Å². The topological polar surface area (TPSA) is 104 Å². The van der Waals surface area contributed by atoms with Crippen molar-refractivity contribution in [2.75, 3.05) is 38.7 Å². The molecule has 162 valence electrons. The number of ether oxygens (including phenoxy) is 1. The summed E-state index contributed by atoms with van der Waals surface area (Å²) in [5.74, 6) is 0.229. The monoisotopic (exact) mass is 414 g/mol. The highest BCUT2D eigenvalue weighted by molar-refractivity contribution is 6.06. The Kier molecular flexibility index (Phi) is 7.81. The van der Waals surface area contributed by atoms with Crippen molar-refractivity contribution < 1.29 is 14.4 Å². The predicted molar refractivity (Wildman–Crippen MR) is 115 cm³/mol. The van der Waals surface area contributed by atoms with Crippen LogP contribution in [-0.4, -0.2) is 59.3 Å². The van der Waals surface area contributed by atoms with Crippen molar-refractivity contribution in [2.45, 2.75) is 33.1 Å². The number of aryl methyl sites for hydroxylation is 1. The van der Waals surface area contributed by atoms with Gasteiger partial charge in [-0.1, -0.05) is 19.9 Å². The molecule has 9 nitrogen and oxygen atoms in total. The van der Waals surface area contributed by atoms with Gasteiger partial charge in [0.15, 0.2) is 5.69 Å². The van der Waals surface area contributed by atoms with Crippen LogP contribution in [0.2, 0.25) is 0 Å². The number of hydrogen-bond donors (Lipinski definition) is 3. The zero-order chi connectivity index (χ0) is 21.3. The average molecular weight is 415 g/mol. The normalized spacial score (nSPS) is 13.0. The molecule has 1 amide bonds. The molecule has 2 aromatic rings. The zero-order valence-electron chi connectivity index (χ0n) is 17.8. The molecule has 0 saturated carbocycles. The number of aromatic amines is 1. The lowest BCUT2D eigenvalue weighted by Gasteiger charge is -2.17. The van der Waals surface area contributed by atoms with Crippen molar-refractivity contribution >= 4 is 17.3 Å². The van der Waals surface area contributed by atoms with Gasteiger partial charge in [0.2, 0.25) is 5.88 Å². The Morgan fingerprint density at radius 1 is 1.30 bits per heavy atom. The van der Waals surface area contributed by atoms with Crippen LogP contribution in [0.1, 0.15) is 48.4 Å². The van der Waals surface area contributed by atoms with E-state index in [1.165, 1.54) is 7.11 Å². The number of allylic oxidation sites excluding steroid dienone is 1. The number of fused-ring (bicyclic) bond motifs is 1. The Morgan fingerprint density at radius 3 is 2.83 bits per heavy atom. The molecule has 3 N–H and O–H groups in total. The fourth-order valence-electron chi connectivity index (χ4n) is 3.41. The van der Waals surface area contributed by atoms with Crippen molar-refractivity contribution in [3.05, 3.63) is 41.4 Å². The number of hydroxylamine groups is 1. The number of pyridine rings is 1. The van der Waals surface area contributed by atoms with E-state index in [9.17, 15) is 4.79 Å². The first-order chi connectivity index (χ1) is 14.7. The summed E-state index contributed by atoms with van der Waals surface area (Å²) in [6.45, 7) is 8.01. The molecule has 0 aromatic carbocycles. The minimum absolute atomic E-state index is 0.312. The van der Waals surface area contributed by atoms with Gasteiger partial charge in [0.1, 0.15) is 0 Å². The predicted octanol–water partition coefficient (Wildman–Crippen LogP) is 2.61. The van der Waals surface area contributed by atoms with Gasteiger partial charge >= 0.3 is 0 Å². The minimum atomic E-state index is -0.312. The van der Waals surface area contributed by atoms with E-state index in [1.54, 1.807) is 18.3 Å². The number of carbonyl (C=O) groups is 1. The number of anilines is 1. The van der Waals surface area contributed by atoms with Crippen LogP contribution in [0.25, 0.3) is 5.70 Å². The van der Waals surface area contributed by atoms with Crippen LogP contribution in [-0.2, 0) is 11.3 Å². The second-order valence-corrected chi connectivity index (χ2v) is 6.96. The summed E-state index contributed by atoms with van der Waals surface area (Å²) in [5, 5.41) is 9.99. The fraction of sp³-hybridized carbons (Fsp3) is 0.476. The van der Waals surface area contributed by atoms with Crippen LogP contribution in [0.15, 0.2) is 24.4 Å². The highest BCUT2D eigenvalue weighted by Gasteiger charge is 2.24. The van der Waals surface area contributed by atoms with Crippen LogP contribution in [0.5, 0.6) is 5.88 Å². The molecule has 2 heterocycles. The summed E-state index contributed by atoms with van der Waals surface area (Å²) >= 11 is 0. The molecule has 3 rings (SSSR count). The maximum Gasteiger partial charge on any atom is 0.276 e. The lowest BCUT2D eigenvalue weighted by molar-refractivity contribution is 0.102. The fourth-order valence-corrected chi connectivity index (χ4v) is 3.41. The third-order valence-electron chi connectivity index (χ3n) is 5.04. The lowest BCUT2D eigenvalue weighted by atomic mass is 9.99. The molecule has 0 saturated heterocycles. The molecule has 1 aliphatic rings. The average Bonchev–Trinajstić information content (AvgIpc) is 3.21. The minimum Gasteiger partial charge on any atom is -0.478 e. The van der Waals surface area contributed by atoms with Gasteiger partial charge in [-0.05, 0) is 38.4 Å². The molecule has 9 heteroatoms. The third kappa shape index (κ3) is 5.37. The highest BCUT2D eigenvalue weighted by atomic mass is 16.6. The Labute approximate surface area is 176 Å². The van der Waals surface area contributed by atoms with Gasteiger partial charge in [-0.25, -0.2) is 4.98 Å². The van der Waals surface area contributed by atoms with E-state index in [-0.39, 0.29) is 5.91 Å². The van der Waals surface area contributed by atoms with Gasteiger partial charge < -0.3 is 15.0 Å². The number of hydrogen-bond acceptors (Lipinski definition) is 7. The molecule has 0 fully saturated rings. The van der Waals surface area contributed by atoms with E-state index < -0.39 is 0 Å². The van der Waals surface area contributed by atoms with Crippen molar-refractivity contribution in [3.8, 4) is 5.88 Å². The molecule has 0 radical (unpaired) electrons. The number of nitrogens with one attached hydrogen (secondary N) is 3. The molecule has 2 aromatic heterocycles. The quantitative estimate of drug-likeness (QED) is 0.383. The standard InChI is InChI=1S/C21H30N6O3/c1-4-27(5-2)12-7-13-30-18-11-10-15(14-22-18)23-21(28)20-19-16(24-25-20)8-6-9-17(19)26-29-3/h9-11,14,26H,4-8,12-13H2,1-3H3,(H,23,28)(H,24,25). The van der Waals surface area contributed by atoms with Crippen LogP contribution < -0.4 is 15.5 Å². The van der Waals surface area contributed by atoms with E-state index in [1.807, 2.05) is 6.08 Å². The summed E-state index contributed by atoms with van der Waals surface area (Å²) in [5.41, 5.74) is 6.10. The van der Waals surface area contributed by atoms with E-state index >= 15 is 0 Å². The smallest absolute Gasteiger partial charge is 0.276 e. The van der Waals surface area contributed by atoms with Crippen LogP contribution in [0, 0.1) is 0 Å². The number of rotatable bonds is 11. The van der Waals surface area contributed by atoms with Crippen LogP contribution >= 0.6 is 0 Å². The van der Waals surface area contributed by atoms with Gasteiger partial charge in [-0.3, -0.25) is 20.2 Å². The Morgan fingerprint density at radius 2 is 2.13 bits per heavy atom. The SMILES string of the molecule is CCN(CC)CCCOc1ccc(NC(=O)c2n[nH]c3c2C(NOC)=CCC3)cn1. The summed E-state index contributed by atoms with van der Waals surface area (Å²) in [4.78, 5) is 24.4. The first-order valence-electron chi connectivity index (χ1n) is 10.4. The maximum atomic E-state index is 12.8. The number of amides is 1. The Balaban J connectivity index is 1.56. The number of nitrogens with zero attached hydrogens (tertiary/aromatic N) is 3. The van der Waals surface area contributed by atoms with Gasteiger partial charge in [0, 0.05) is 18.3 Å². The molecule has 0 bridgehead atoms. The van der Waals surface area contributed by atoms with E-state index in [0.29, 0.717) is 23.9 Å². The van der Waals surface area contributed by atoms with Gasteiger partial charge in [0.05, 0.1) is 36.9 Å². The first kappa shape index (κ1) is 21.8. The lowest BCUT2D eigenvalue weighted by Crippen LogP contribution is -2.25. The number of carbonyl (C=O) groups excluding carboxylic acids is 1. The van der Waals surface area contributed by atoms with Gasteiger partial charge in [0.25, 0.3) is 5.91 Å². The van der Waals surface area contributed by atoms with Crippen molar-refractivity contribution in [1.82, 2.24) is 25.6 Å². The molecule has 1 aliphatic carbocycles. The van der Waals surface area contributed by atoms with Crippen molar-refractivity contribution in [3.63, 3.8) is 0 Å². The highest BCUT2D eigenvalue weighted by Crippen LogP contribution is 2.26. The third-order valence-corrected chi connectivity index (χ3v) is 5.04. The molecule has 0 unspecified atom stereocenters. The Hall–Kier alpha value is -2.91. The summed E-state index contributed by atoms with van der Waals surface area (Å²) in [6, 6.07) is 3.53. The number of aromatic nitrogens is 3. The van der Waals surface area contributed by atoms with Crippen molar-refractivity contribution in [2.24, 2.45) is 0 Å². The van der Waals surface area contributed by atoms with E-state index in [4.69, 9.17) is 9.57 Å². The molecular weight excluding hydrogens is 384 g/mol. The second-order valence-electron chi connectivity index (χ2n) is 6.96. The first-order valence-corrected chi connectivity index (χ1v) is 10.4. The van der Waals surface area contributed by atoms with Gasteiger partial charge in [-0.2, -0.15) is 5.10 Å².